The third-order valence-electron chi connectivity index (χ3n) is 4.01. The Kier molecular flexibility index (Phi) is 4.86. The number of aromatic nitrogens is 5. The summed E-state index contributed by atoms with van der Waals surface area (Å²) in [6.45, 7) is 4.15. The molecule has 1 aromatic carbocycles. The maximum absolute atomic E-state index is 6.15. The molecule has 0 spiro atoms. The molecule has 0 amide bonds. The first-order chi connectivity index (χ1) is 12.6. The normalized spacial score (nSPS) is 15.2. The van der Waals surface area contributed by atoms with Gasteiger partial charge in [-0.15, -0.1) is 10.2 Å². The molecular weight excluding hydrogens is 374 g/mol. The molecular formula is C17H18ClN5O2S. The van der Waals surface area contributed by atoms with Crippen LogP contribution >= 0.6 is 23.4 Å². The van der Waals surface area contributed by atoms with Crippen LogP contribution in [0.15, 0.2) is 33.9 Å². The molecule has 0 saturated heterocycles. The molecule has 136 valence electrons. The summed E-state index contributed by atoms with van der Waals surface area (Å²) in [5.41, 5.74) is 0. The summed E-state index contributed by atoms with van der Waals surface area (Å²) < 4.78 is 13.3. The number of thioether (sulfide) groups is 1. The van der Waals surface area contributed by atoms with Gasteiger partial charge in [0, 0.05) is 6.04 Å². The summed E-state index contributed by atoms with van der Waals surface area (Å²) >= 11 is 7.72. The zero-order chi connectivity index (χ0) is 18.1. The van der Waals surface area contributed by atoms with Gasteiger partial charge < -0.3 is 9.26 Å². The summed E-state index contributed by atoms with van der Waals surface area (Å²) in [6, 6.07) is 7.83. The van der Waals surface area contributed by atoms with Crippen molar-refractivity contribution in [3.63, 3.8) is 0 Å². The van der Waals surface area contributed by atoms with E-state index in [9.17, 15) is 0 Å². The average Bonchev–Trinajstić information content (AvgIpc) is 3.24. The van der Waals surface area contributed by atoms with Crippen molar-refractivity contribution < 1.29 is 9.26 Å². The first-order valence-corrected chi connectivity index (χ1v) is 9.65. The van der Waals surface area contributed by atoms with Gasteiger partial charge in [-0.3, -0.25) is 4.57 Å². The van der Waals surface area contributed by atoms with Crippen molar-refractivity contribution >= 4 is 23.4 Å². The molecule has 0 bridgehead atoms. The number of para-hydroxylation sites is 1. The second-order valence-electron chi connectivity index (χ2n) is 6.16. The van der Waals surface area contributed by atoms with Crippen LogP contribution in [-0.4, -0.2) is 24.9 Å². The highest BCUT2D eigenvalue weighted by Crippen LogP contribution is 2.42. The summed E-state index contributed by atoms with van der Waals surface area (Å²) in [5, 5.41) is 14.0. The second-order valence-corrected chi connectivity index (χ2v) is 7.87. The van der Waals surface area contributed by atoms with Crippen LogP contribution in [0.1, 0.15) is 48.6 Å². The highest BCUT2D eigenvalue weighted by atomic mass is 35.5. The van der Waals surface area contributed by atoms with Gasteiger partial charge >= 0.3 is 0 Å². The fourth-order valence-corrected chi connectivity index (χ4v) is 3.74. The van der Waals surface area contributed by atoms with Gasteiger partial charge in [0.2, 0.25) is 5.89 Å². The first kappa shape index (κ1) is 17.4. The van der Waals surface area contributed by atoms with Gasteiger partial charge in [-0.1, -0.05) is 40.7 Å². The van der Waals surface area contributed by atoms with Crippen LogP contribution in [0.4, 0.5) is 0 Å². The molecule has 2 heterocycles. The Labute approximate surface area is 160 Å². The van der Waals surface area contributed by atoms with Gasteiger partial charge in [-0.2, -0.15) is 4.98 Å². The Balaban J connectivity index is 1.51. The average molecular weight is 392 g/mol. The van der Waals surface area contributed by atoms with Crippen molar-refractivity contribution in [3.8, 4) is 5.75 Å². The molecule has 7 nitrogen and oxygen atoms in total. The largest absolute Gasteiger partial charge is 0.484 e. The van der Waals surface area contributed by atoms with E-state index in [0.717, 1.165) is 23.8 Å². The zero-order valence-electron chi connectivity index (χ0n) is 14.4. The summed E-state index contributed by atoms with van der Waals surface area (Å²) in [4.78, 5) is 4.29. The molecule has 4 rings (SSSR count). The molecule has 1 unspecified atom stereocenters. The van der Waals surface area contributed by atoms with Gasteiger partial charge in [-0.05, 0) is 38.8 Å². The highest BCUT2D eigenvalue weighted by Gasteiger charge is 2.31. The minimum Gasteiger partial charge on any atom is -0.484 e. The number of rotatable bonds is 7. The molecule has 26 heavy (non-hydrogen) atoms. The maximum Gasteiger partial charge on any atom is 0.239 e. The Morgan fingerprint density at radius 2 is 2.15 bits per heavy atom. The molecule has 2 aromatic heterocycles. The van der Waals surface area contributed by atoms with Gasteiger partial charge in [0.25, 0.3) is 0 Å². The van der Waals surface area contributed by atoms with Crippen LogP contribution < -0.4 is 4.74 Å². The Bertz CT molecular complexity index is 908. The van der Waals surface area contributed by atoms with Crippen molar-refractivity contribution in [2.75, 3.05) is 0 Å². The Hall–Kier alpha value is -2.06. The molecule has 1 fully saturated rings. The quantitative estimate of drug-likeness (QED) is 0.552. The topological polar surface area (TPSA) is 78.9 Å². The van der Waals surface area contributed by atoms with Crippen LogP contribution in [0.5, 0.6) is 5.75 Å². The number of benzene rings is 1. The number of hydrogen-bond acceptors (Lipinski definition) is 7. The van der Waals surface area contributed by atoms with Gasteiger partial charge in [-0.25, -0.2) is 0 Å². The predicted molar refractivity (Wildman–Crippen MR) is 97.4 cm³/mol. The summed E-state index contributed by atoms with van der Waals surface area (Å²) in [7, 11) is 0. The fourth-order valence-electron chi connectivity index (χ4n) is 2.58. The van der Waals surface area contributed by atoms with Crippen molar-refractivity contribution in [3.05, 3.63) is 46.8 Å². The fraction of sp³-hybridized carbons (Fsp3) is 0.412. The standard InChI is InChI=1S/C17H18ClN5O2S/c1-10(16-19-11(2)22-25-16)26-17-21-20-15(23(17)12-7-8-12)9-24-14-6-4-3-5-13(14)18/h3-6,10,12H,7-9H2,1-2H3. The monoisotopic (exact) mass is 391 g/mol. The zero-order valence-corrected chi connectivity index (χ0v) is 16.0. The first-order valence-electron chi connectivity index (χ1n) is 8.40. The van der Waals surface area contributed by atoms with Gasteiger partial charge in [0.15, 0.2) is 16.8 Å². The third-order valence-corrected chi connectivity index (χ3v) is 5.37. The molecule has 3 aromatic rings. The number of nitrogens with zero attached hydrogens (tertiary/aromatic N) is 5. The highest BCUT2D eigenvalue weighted by molar-refractivity contribution is 7.99. The second kappa shape index (κ2) is 7.28. The molecule has 9 heteroatoms. The molecule has 0 radical (unpaired) electrons. The van der Waals surface area contributed by atoms with E-state index in [1.807, 2.05) is 25.1 Å². The third kappa shape index (κ3) is 3.71. The Morgan fingerprint density at radius 3 is 2.85 bits per heavy atom. The summed E-state index contributed by atoms with van der Waals surface area (Å²) in [5.74, 6) is 2.66. The van der Waals surface area contributed by atoms with Crippen LogP contribution in [0, 0.1) is 6.92 Å². The number of aryl methyl sites for hydroxylation is 1. The SMILES string of the molecule is Cc1noc(C(C)Sc2nnc(COc3ccccc3Cl)n2C2CC2)n1. The molecule has 0 aliphatic heterocycles. The van der Waals surface area contributed by atoms with Crippen LogP contribution in [0.25, 0.3) is 0 Å². The van der Waals surface area contributed by atoms with Gasteiger partial charge in [0.05, 0.1) is 10.3 Å². The minimum atomic E-state index is -0.00441. The molecule has 1 saturated carbocycles. The van der Waals surface area contributed by atoms with Gasteiger partial charge in [0.1, 0.15) is 12.4 Å². The van der Waals surface area contributed by atoms with E-state index >= 15 is 0 Å². The number of ether oxygens (including phenoxy) is 1. The number of hydrogen-bond donors (Lipinski definition) is 0. The smallest absolute Gasteiger partial charge is 0.239 e. The lowest BCUT2D eigenvalue weighted by molar-refractivity contribution is 0.288. The van der Waals surface area contributed by atoms with Crippen molar-refractivity contribution in [1.82, 2.24) is 24.9 Å². The van der Waals surface area contributed by atoms with Crippen LogP contribution in [-0.2, 0) is 6.61 Å². The maximum atomic E-state index is 6.15. The van der Waals surface area contributed by atoms with E-state index in [1.54, 1.807) is 24.8 Å². The number of halogens is 1. The van der Waals surface area contributed by atoms with Crippen LogP contribution in [0.3, 0.4) is 0 Å². The van der Waals surface area contributed by atoms with E-state index < -0.39 is 0 Å². The molecule has 1 aliphatic rings. The minimum absolute atomic E-state index is 0.00441. The van der Waals surface area contributed by atoms with E-state index in [1.165, 1.54) is 0 Å². The van der Waals surface area contributed by atoms with E-state index in [4.69, 9.17) is 20.9 Å². The Morgan fingerprint density at radius 1 is 1.35 bits per heavy atom. The molecule has 1 atom stereocenters. The van der Waals surface area contributed by atoms with Crippen molar-refractivity contribution in [1.29, 1.82) is 0 Å². The van der Waals surface area contributed by atoms with Crippen molar-refractivity contribution in [2.45, 2.75) is 49.7 Å². The lowest BCUT2D eigenvalue weighted by atomic mass is 10.3. The predicted octanol–water partition coefficient (Wildman–Crippen LogP) is 4.39. The van der Waals surface area contributed by atoms with Crippen molar-refractivity contribution in [2.24, 2.45) is 0 Å². The molecule has 1 aliphatic carbocycles. The summed E-state index contributed by atoms with van der Waals surface area (Å²) in [6.07, 6.45) is 2.25. The molecule has 0 N–H and O–H groups in total. The lowest BCUT2D eigenvalue weighted by Gasteiger charge is -2.11. The van der Waals surface area contributed by atoms with Crippen LogP contribution in [0.2, 0.25) is 5.02 Å². The lowest BCUT2D eigenvalue weighted by Crippen LogP contribution is -2.07. The van der Waals surface area contributed by atoms with E-state index in [-0.39, 0.29) is 5.25 Å². The van der Waals surface area contributed by atoms with E-state index in [2.05, 4.69) is 24.9 Å². The van der Waals surface area contributed by atoms with E-state index in [0.29, 0.717) is 35.1 Å².